The molecule has 1 atom stereocenters. The number of carbonyl (C=O) groups is 1. The highest BCUT2D eigenvalue weighted by Crippen LogP contribution is 2.29. The second-order valence-electron chi connectivity index (χ2n) is 6.62. The summed E-state index contributed by atoms with van der Waals surface area (Å²) in [4.78, 5) is 24.8. The smallest absolute Gasteiger partial charge is 0.328 e. The fraction of sp³-hybridized carbons (Fsp3) is 0.158. The van der Waals surface area contributed by atoms with Gasteiger partial charge in [0.05, 0.1) is 23.5 Å². The van der Waals surface area contributed by atoms with Crippen LogP contribution < -0.4 is 10.6 Å². The van der Waals surface area contributed by atoms with Crippen LogP contribution in [0.5, 0.6) is 0 Å². The van der Waals surface area contributed by atoms with Crippen molar-refractivity contribution in [3.8, 4) is 11.6 Å². The van der Waals surface area contributed by atoms with Crippen LogP contribution in [0.2, 0.25) is 0 Å². The minimum absolute atomic E-state index is 0.305. The number of carbonyl (C=O) groups excluding carboxylic acids is 1. The highest BCUT2D eigenvalue weighted by Gasteiger charge is 2.32. The Morgan fingerprint density at radius 2 is 1.88 bits per heavy atom. The molecule has 32 heavy (non-hydrogen) atoms. The third kappa shape index (κ3) is 4.55. The van der Waals surface area contributed by atoms with Crippen molar-refractivity contribution < 1.29 is 18.0 Å². The Morgan fingerprint density at radius 3 is 2.59 bits per heavy atom. The molecule has 4 rings (SSSR count). The molecule has 0 bridgehead atoms. The third-order valence-electron chi connectivity index (χ3n) is 4.33. The summed E-state index contributed by atoms with van der Waals surface area (Å²) in [7, 11) is 0. The maximum atomic E-state index is 12.8. The first-order chi connectivity index (χ1) is 15.3. The molecule has 0 aliphatic rings. The molecule has 4 aromatic rings. The highest BCUT2D eigenvalue weighted by molar-refractivity contribution is 5.89. The molecule has 0 radical (unpaired) electrons. The van der Waals surface area contributed by atoms with Gasteiger partial charge in [0.25, 0.3) is 5.95 Å². The average molecular weight is 443 g/mol. The second-order valence-corrected chi connectivity index (χ2v) is 6.62. The number of aromatic nitrogens is 7. The second kappa shape index (κ2) is 8.45. The number of nitrogens with zero attached hydrogens (tertiary/aromatic N) is 7. The van der Waals surface area contributed by atoms with Crippen molar-refractivity contribution in [3.05, 3.63) is 72.8 Å². The Bertz CT molecular complexity index is 1220. The highest BCUT2D eigenvalue weighted by atomic mass is 19.4. The van der Waals surface area contributed by atoms with E-state index < -0.39 is 23.8 Å². The van der Waals surface area contributed by atoms with Gasteiger partial charge in [-0.05, 0) is 31.2 Å². The van der Waals surface area contributed by atoms with Gasteiger partial charge in [-0.25, -0.2) is 24.4 Å². The molecule has 0 unspecified atom stereocenters. The van der Waals surface area contributed by atoms with E-state index in [0.29, 0.717) is 23.1 Å². The number of hydrogen-bond acceptors (Lipinski definition) is 6. The van der Waals surface area contributed by atoms with Crippen molar-refractivity contribution in [3.63, 3.8) is 0 Å². The maximum Gasteiger partial charge on any atom is 0.419 e. The normalized spacial score (nSPS) is 12.4. The molecular formula is C19H16F3N9O. The lowest BCUT2D eigenvalue weighted by atomic mass is 10.2. The molecule has 3 heterocycles. The average Bonchev–Trinajstić information content (AvgIpc) is 3.44. The van der Waals surface area contributed by atoms with Crippen molar-refractivity contribution in [2.45, 2.75) is 19.1 Å². The minimum atomic E-state index is -4.49. The van der Waals surface area contributed by atoms with E-state index in [-0.39, 0.29) is 0 Å². The molecule has 0 saturated heterocycles. The number of benzene rings is 1. The standard InChI is InChI=1S/C19H16F3N9O/c1-12(16-25-11-27-31(16)17-23-6-3-7-24-17)28-18(32)29-14-4-2-5-15(8-14)30-10-13(9-26-30)19(20,21)22/h2-12H,1H3,(H2,28,29,32)/t12-/m0/s1. The number of amides is 2. The molecule has 13 heteroatoms. The van der Waals surface area contributed by atoms with E-state index in [1.807, 2.05) is 0 Å². The van der Waals surface area contributed by atoms with Crippen molar-refractivity contribution in [1.82, 2.24) is 39.8 Å². The van der Waals surface area contributed by atoms with E-state index in [0.717, 1.165) is 17.1 Å². The summed E-state index contributed by atoms with van der Waals surface area (Å²) in [5, 5.41) is 13.2. The largest absolute Gasteiger partial charge is 0.419 e. The number of urea groups is 1. The first kappa shape index (κ1) is 21.0. The van der Waals surface area contributed by atoms with Gasteiger partial charge in [-0.2, -0.15) is 28.1 Å². The van der Waals surface area contributed by atoms with Gasteiger partial charge in [0, 0.05) is 24.3 Å². The number of rotatable bonds is 5. The number of alkyl halides is 3. The quantitative estimate of drug-likeness (QED) is 0.490. The summed E-state index contributed by atoms with van der Waals surface area (Å²) < 4.78 is 40.9. The first-order valence-electron chi connectivity index (χ1n) is 9.28. The lowest BCUT2D eigenvalue weighted by molar-refractivity contribution is -0.137. The van der Waals surface area contributed by atoms with E-state index in [1.165, 1.54) is 17.1 Å². The zero-order valence-corrected chi connectivity index (χ0v) is 16.5. The SMILES string of the molecule is C[C@H](NC(=O)Nc1cccc(-n2cc(C(F)(F)F)cn2)c1)c1ncnn1-c1ncccn1. The van der Waals surface area contributed by atoms with Crippen LogP contribution in [0.4, 0.5) is 23.7 Å². The molecule has 1 aromatic carbocycles. The van der Waals surface area contributed by atoms with Gasteiger partial charge >= 0.3 is 12.2 Å². The molecule has 10 nitrogen and oxygen atoms in total. The number of anilines is 1. The Hall–Kier alpha value is -4.29. The predicted molar refractivity (Wildman–Crippen MR) is 106 cm³/mol. The number of halogens is 3. The number of hydrogen-bond donors (Lipinski definition) is 2. The van der Waals surface area contributed by atoms with Crippen molar-refractivity contribution in [1.29, 1.82) is 0 Å². The third-order valence-corrected chi connectivity index (χ3v) is 4.33. The van der Waals surface area contributed by atoms with Crippen LogP contribution in [0.1, 0.15) is 24.4 Å². The Morgan fingerprint density at radius 1 is 1.09 bits per heavy atom. The zero-order chi connectivity index (χ0) is 22.7. The van der Waals surface area contributed by atoms with E-state index in [9.17, 15) is 18.0 Å². The summed E-state index contributed by atoms with van der Waals surface area (Å²) in [6, 6.07) is 6.82. The van der Waals surface area contributed by atoms with Gasteiger partial charge in [-0.1, -0.05) is 6.07 Å². The van der Waals surface area contributed by atoms with Crippen LogP contribution >= 0.6 is 0 Å². The van der Waals surface area contributed by atoms with Crippen LogP contribution in [-0.4, -0.2) is 40.5 Å². The molecule has 0 fully saturated rings. The Kier molecular flexibility index (Phi) is 5.54. The summed E-state index contributed by atoms with van der Waals surface area (Å²) >= 11 is 0. The molecule has 2 N–H and O–H groups in total. The lowest BCUT2D eigenvalue weighted by Gasteiger charge is -2.15. The molecular weight excluding hydrogens is 427 g/mol. The fourth-order valence-corrected chi connectivity index (χ4v) is 2.87. The van der Waals surface area contributed by atoms with Crippen LogP contribution in [0.15, 0.2) is 61.4 Å². The summed E-state index contributed by atoms with van der Waals surface area (Å²) in [6.07, 6.45) is 1.56. The summed E-state index contributed by atoms with van der Waals surface area (Å²) in [6.45, 7) is 1.71. The van der Waals surface area contributed by atoms with Gasteiger partial charge in [0.1, 0.15) is 6.33 Å². The first-order valence-corrected chi connectivity index (χ1v) is 9.28. The molecule has 164 valence electrons. The van der Waals surface area contributed by atoms with E-state index in [4.69, 9.17) is 0 Å². The van der Waals surface area contributed by atoms with Gasteiger partial charge in [0.2, 0.25) is 0 Å². The summed E-state index contributed by atoms with van der Waals surface area (Å²) in [5.41, 5.74) is -0.148. The predicted octanol–water partition coefficient (Wildman–Crippen LogP) is 3.14. The van der Waals surface area contributed by atoms with Crippen LogP contribution in [-0.2, 0) is 6.18 Å². The van der Waals surface area contributed by atoms with Crippen LogP contribution in [0.3, 0.4) is 0 Å². The van der Waals surface area contributed by atoms with E-state index >= 15 is 0 Å². The van der Waals surface area contributed by atoms with Crippen molar-refractivity contribution >= 4 is 11.7 Å². The number of nitrogens with one attached hydrogen (secondary N) is 2. The summed E-state index contributed by atoms with van der Waals surface area (Å²) in [5.74, 6) is 0.718. The Labute approximate surface area is 179 Å². The van der Waals surface area contributed by atoms with Gasteiger partial charge in [0.15, 0.2) is 5.82 Å². The minimum Gasteiger partial charge on any atom is -0.328 e. The molecule has 0 aliphatic carbocycles. The van der Waals surface area contributed by atoms with Crippen LogP contribution in [0, 0.1) is 0 Å². The van der Waals surface area contributed by atoms with Crippen molar-refractivity contribution in [2.75, 3.05) is 5.32 Å². The zero-order valence-electron chi connectivity index (χ0n) is 16.5. The lowest BCUT2D eigenvalue weighted by Crippen LogP contribution is -2.32. The molecule has 2 amide bonds. The van der Waals surface area contributed by atoms with Gasteiger partial charge in [-0.3, -0.25) is 0 Å². The topological polar surface area (TPSA) is 115 Å². The van der Waals surface area contributed by atoms with E-state index in [2.05, 4.69) is 35.8 Å². The maximum absolute atomic E-state index is 12.8. The molecule has 0 spiro atoms. The van der Waals surface area contributed by atoms with E-state index in [1.54, 1.807) is 43.6 Å². The van der Waals surface area contributed by atoms with Crippen LogP contribution in [0.25, 0.3) is 11.6 Å². The van der Waals surface area contributed by atoms with Crippen molar-refractivity contribution in [2.24, 2.45) is 0 Å². The molecule has 3 aromatic heterocycles. The molecule has 0 saturated carbocycles. The van der Waals surface area contributed by atoms with Gasteiger partial charge in [-0.15, -0.1) is 0 Å². The Balaban J connectivity index is 1.45. The monoisotopic (exact) mass is 443 g/mol. The molecule has 0 aliphatic heterocycles. The fourth-order valence-electron chi connectivity index (χ4n) is 2.87. The van der Waals surface area contributed by atoms with Gasteiger partial charge < -0.3 is 10.6 Å².